The van der Waals surface area contributed by atoms with Gasteiger partial charge in [-0.15, -0.1) is 11.3 Å². The number of aliphatic hydroxyl groups excluding tert-OH is 1. The molecule has 2 fully saturated rings. The van der Waals surface area contributed by atoms with Gasteiger partial charge in [0.1, 0.15) is 5.65 Å². The number of fused-ring (bicyclic) bond motifs is 2. The van der Waals surface area contributed by atoms with Gasteiger partial charge in [-0.25, -0.2) is 4.98 Å². The Morgan fingerprint density at radius 2 is 1.83 bits per heavy atom. The van der Waals surface area contributed by atoms with Crippen molar-refractivity contribution in [1.29, 1.82) is 0 Å². The Hall–Kier alpha value is -1.73. The summed E-state index contributed by atoms with van der Waals surface area (Å²) in [4.78, 5) is 12.8. The van der Waals surface area contributed by atoms with Crippen LogP contribution in [0.25, 0.3) is 5.65 Å². The summed E-state index contributed by atoms with van der Waals surface area (Å²) in [6.45, 7) is 10.6. The van der Waals surface area contributed by atoms with Crippen molar-refractivity contribution in [3.8, 4) is 0 Å². The second-order valence-corrected chi connectivity index (χ2v) is 10.2. The summed E-state index contributed by atoms with van der Waals surface area (Å²) in [5.41, 5.74) is 3.38. The number of pyridine rings is 1. The molecule has 0 amide bonds. The number of aromatic nitrogens is 2. The number of hydrogen-bond acceptors (Lipinski definition) is 5. The van der Waals surface area contributed by atoms with Gasteiger partial charge >= 0.3 is 0 Å². The van der Waals surface area contributed by atoms with Gasteiger partial charge in [0.05, 0.1) is 12.3 Å². The fraction of sp³-hybridized carbons (Fsp3) is 0.522. The topological polar surface area (TPSA) is 44.0 Å². The van der Waals surface area contributed by atoms with Crippen LogP contribution in [0, 0.1) is 18.3 Å². The minimum absolute atomic E-state index is 0.0145. The third-order valence-electron chi connectivity index (χ3n) is 6.69. The van der Waals surface area contributed by atoms with E-state index in [1.54, 1.807) is 0 Å². The number of rotatable bonds is 6. The molecule has 0 aliphatic carbocycles. The molecule has 0 saturated carbocycles. The van der Waals surface area contributed by atoms with Crippen molar-refractivity contribution in [2.45, 2.75) is 33.4 Å². The maximum Gasteiger partial charge on any atom is 0.137 e. The summed E-state index contributed by atoms with van der Waals surface area (Å²) in [6, 6.07) is 8.73. The zero-order chi connectivity index (χ0) is 20.0. The monoisotopic (exact) mass is 410 g/mol. The summed E-state index contributed by atoms with van der Waals surface area (Å²) in [6.07, 6.45) is 5.40. The lowest BCUT2D eigenvalue weighted by Crippen LogP contribution is -2.36. The standard InChI is InChI=1S/C23H30N4OS/c1-3-20-5-6-21(29-20)13-26-10-18-9-25(14-23(18,15-26)16-28)11-19-12-27-8-17(2)4-7-22(27)24-19/h4-8,12,18,28H,3,9-11,13-16H2,1-2H3. The lowest BCUT2D eigenvalue weighted by molar-refractivity contribution is 0.110. The summed E-state index contributed by atoms with van der Waals surface area (Å²) in [5.74, 6) is 0.539. The first-order chi connectivity index (χ1) is 14.1. The predicted molar refractivity (Wildman–Crippen MR) is 117 cm³/mol. The molecular formula is C23H30N4OS. The van der Waals surface area contributed by atoms with Gasteiger partial charge in [-0.3, -0.25) is 9.80 Å². The van der Waals surface area contributed by atoms with E-state index < -0.39 is 0 Å². The van der Waals surface area contributed by atoms with E-state index in [1.165, 1.54) is 15.3 Å². The molecule has 6 heteroatoms. The van der Waals surface area contributed by atoms with Crippen molar-refractivity contribution in [2.24, 2.45) is 11.3 Å². The van der Waals surface area contributed by atoms with Crippen molar-refractivity contribution < 1.29 is 5.11 Å². The van der Waals surface area contributed by atoms with Crippen LogP contribution in [0.5, 0.6) is 0 Å². The van der Waals surface area contributed by atoms with Gasteiger partial charge in [-0.1, -0.05) is 13.0 Å². The van der Waals surface area contributed by atoms with Crippen LogP contribution >= 0.6 is 11.3 Å². The first kappa shape index (κ1) is 19.2. The van der Waals surface area contributed by atoms with Crippen LogP contribution < -0.4 is 0 Å². The highest BCUT2D eigenvalue weighted by Crippen LogP contribution is 2.43. The van der Waals surface area contributed by atoms with Crippen LogP contribution in [0.3, 0.4) is 0 Å². The molecule has 5 nitrogen and oxygen atoms in total. The van der Waals surface area contributed by atoms with Gasteiger partial charge in [-0.2, -0.15) is 0 Å². The number of imidazole rings is 1. The molecule has 2 unspecified atom stereocenters. The second-order valence-electron chi connectivity index (χ2n) is 8.98. The zero-order valence-electron chi connectivity index (χ0n) is 17.3. The maximum absolute atomic E-state index is 10.3. The highest BCUT2D eigenvalue weighted by molar-refractivity contribution is 7.11. The number of aryl methyl sites for hydroxylation is 2. The molecule has 0 spiro atoms. The van der Waals surface area contributed by atoms with E-state index in [1.807, 2.05) is 11.3 Å². The molecule has 5 rings (SSSR count). The van der Waals surface area contributed by atoms with Crippen molar-refractivity contribution in [3.05, 3.63) is 57.7 Å². The van der Waals surface area contributed by atoms with E-state index in [0.29, 0.717) is 5.92 Å². The van der Waals surface area contributed by atoms with E-state index in [9.17, 15) is 5.11 Å². The Balaban J connectivity index is 1.25. The number of likely N-dealkylation sites (tertiary alicyclic amines) is 2. The maximum atomic E-state index is 10.3. The molecule has 29 heavy (non-hydrogen) atoms. The van der Waals surface area contributed by atoms with Gasteiger partial charge in [0, 0.05) is 66.8 Å². The first-order valence-corrected chi connectivity index (χ1v) is 11.5. The van der Waals surface area contributed by atoms with E-state index in [-0.39, 0.29) is 12.0 Å². The SMILES string of the molecule is CCc1ccc(CN2CC3CN(Cc4cn5cc(C)ccc5n4)CC3(CO)C2)s1. The van der Waals surface area contributed by atoms with Crippen molar-refractivity contribution in [1.82, 2.24) is 19.2 Å². The molecule has 0 radical (unpaired) electrons. The number of aliphatic hydroxyl groups is 1. The van der Waals surface area contributed by atoms with Gasteiger partial charge in [0.15, 0.2) is 0 Å². The van der Waals surface area contributed by atoms with E-state index in [2.05, 4.69) is 64.7 Å². The van der Waals surface area contributed by atoms with Gasteiger partial charge in [0.2, 0.25) is 0 Å². The minimum atomic E-state index is 0.0145. The Kier molecular flexibility index (Phi) is 4.98. The molecule has 3 aromatic rings. The Bertz CT molecular complexity index is 1010. The first-order valence-electron chi connectivity index (χ1n) is 10.6. The van der Waals surface area contributed by atoms with Crippen molar-refractivity contribution >= 4 is 17.0 Å². The average molecular weight is 411 g/mol. The third-order valence-corrected chi connectivity index (χ3v) is 7.91. The van der Waals surface area contributed by atoms with Crippen LogP contribution in [0.4, 0.5) is 0 Å². The van der Waals surface area contributed by atoms with Crippen molar-refractivity contribution in [3.63, 3.8) is 0 Å². The molecule has 2 aliphatic heterocycles. The fourth-order valence-electron chi connectivity index (χ4n) is 5.24. The second kappa shape index (κ2) is 7.51. The molecule has 154 valence electrons. The molecule has 5 heterocycles. The smallest absolute Gasteiger partial charge is 0.137 e. The Labute approximate surface area is 176 Å². The molecule has 2 saturated heterocycles. The van der Waals surface area contributed by atoms with Crippen molar-refractivity contribution in [2.75, 3.05) is 32.8 Å². The molecule has 0 bridgehead atoms. The van der Waals surface area contributed by atoms with E-state index in [0.717, 1.165) is 57.0 Å². The fourth-order valence-corrected chi connectivity index (χ4v) is 6.25. The lowest BCUT2D eigenvalue weighted by Gasteiger charge is -2.27. The largest absolute Gasteiger partial charge is 0.396 e. The molecule has 0 aromatic carbocycles. The minimum Gasteiger partial charge on any atom is -0.396 e. The molecule has 1 N–H and O–H groups in total. The summed E-state index contributed by atoms with van der Waals surface area (Å²) in [7, 11) is 0. The van der Waals surface area contributed by atoms with Crippen LogP contribution in [0.15, 0.2) is 36.7 Å². The molecule has 2 aliphatic rings. The average Bonchev–Trinajstić information content (AvgIpc) is 3.43. The quantitative estimate of drug-likeness (QED) is 0.678. The summed E-state index contributed by atoms with van der Waals surface area (Å²) in [5, 5.41) is 10.3. The Morgan fingerprint density at radius 1 is 1.07 bits per heavy atom. The molecular weight excluding hydrogens is 380 g/mol. The van der Waals surface area contributed by atoms with E-state index >= 15 is 0 Å². The normalized spacial score (nSPS) is 25.3. The van der Waals surface area contributed by atoms with Crippen LogP contribution in [-0.4, -0.2) is 57.1 Å². The van der Waals surface area contributed by atoms with Gasteiger partial charge < -0.3 is 9.51 Å². The molecule has 2 atom stereocenters. The predicted octanol–water partition coefficient (Wildman–Crippen LogP) is 3.19. The summed E-state index contributed by atoms with van der Waals surface area (Å²) < 4.78 is 2.12. The highest BCUT2D eigenvalue weighted by atomic mass is 32.1. The highest BCUT2D eigenvalue weighted by Gasteiger charge is 2.51. The van der Waals surface area contributed by atoms with Gasteiger partial charge in [-0.05, 0) is 43.0 Å². The Morgan fingerprint density at radius 3 is 2.52 bits per heavy atom. The third kappa shape index (κ3) is 3.63. The zero-order valence-corrected chi connectivity index (χ0v) is 18.2. The lowest BCUT2D eigenvalue weighted by atomic mass is 9.82. The number of hydrogen-bond donors (Lipinski definition) is 1. The summed E-state index contributed by atoms with van der Waals surface area (Å²) >= 11 is 1.93. The van der Waals surface area contributed by atoms with Gasteiger partial charge in [0.25, 0.3) is 0 Å². The van der Waals surface area contributed by atoms with Crippen LogP contribution in [0.2, 0.25) is 0 Å². The van der Waals surface area contributed by atoms with Crippen LogP contribution in [-0.2, 0) is 19.5 Å². The number of thiophene rings is 1. The van der Waals surface area contributed by atoms with Crippen LogP contribution in [0.1, 0.15) is 27.9 Å². The molecule has 3 aromatic heterocycles. The van der Waals surface area contributed by atoms with E-state index in [4.69, 9.17) is 4.98 Å². The number of nitrogens with zero attached hydrogens (tertiary/aromatic N) is 4.